The SMILES string of the molecule is O=C(NC1CCCCC1)c1ccc(Nc2ccc(-c3ccc(F)cc3)nn2)cc1. The second-order valence-corrected chi connectivity index (χ2v) is 7.32. The van der Waals surface area contributed by atoms with E-state index in [2.05, 4.69) is 20.8 Å². The molecule has 0 saturated heterocycles. The molecule has 2 aromatic carbocycles. The Labute approximate surface area is 169 Å². The topological polar surface area (TPSA) is 66.9 Å². The summed E-state index contributed by atoms with van der Waals surface area (Å²) >= 11 is 0. The standard InChI is InChI=1S/C23H23FN4O/c24-18-10-6-16(7-11-18)21-14-15-22(28-27-21)25-20-12-8-17(9-13-20)23(29)26-19-4-2-1-3-5-19/h6-15,19H,1-5H2,(H,25,28)(H,26,29). The van der Waals surface area contributed by atoms with Gasteiger partial charge in [-0.3, -0.25) is 4.79 Å². The number of hydrogen-bond donors (Lipinski definition) is 2. The fourth-order valence-electron chi connectivity index (χ4n) is 3.54. The first kappa shape index (κ1) is 19.1. The van der Waals surface area contributed by atoms with Crippen molar-refractivity contribution in [1.82, 2.24) is 15.5 Å². The van der Waals surface area contributed by atoms with Crippen LogP contribution in [0.4, 0.5) is 15.9 Å². The number of carbonyl (C=O) groups is 1. The second-order valence-electron chi connectivity index (χ2n) is 7.32. The largest absolute Gasteiger partial charge is 0.349 e. The smallest absolute Gasteiger partial charge is 0.251 e. The van der Waals surface area contributed by atoms with Crippen LogP contribution in [-0.4, -0.2) is 22.1 Å². The van der Waals surface area contributed by atoms with Gasteiger partial charge in [0.05, 0.1) is 5.69 Å². The summed E-state index contributed by atoms with van der Waals surface area (Å²) in [5.74, 6) is 0.290. The molecule has 4 rings (SSSR count). The van der Waals surface area contributed by atoms with Gasteiger partial charge in [-0.2, -0.15) is 0 Å². The van der Waals surface area contributed by atoms with Crippen molar-refractivity contribution in [2.75, 3.05) is 5.32 Å². The van der Waals surface area contributed by atoms with E-state index in [9.17, 15) is 9.18 Å². The summed E-state index contributed by atoms with van der Waals surface area (Å²) in [5, 5.41) is 14.7. The fourth-order valence-corrected chi connectivity index (χ4v) is 3.54. The number of halogens is 1. The number of hydrogen-bond acceptors (Lipinski definition) is 4. The number of nitrogens with one attached hydrogen (secondary N) is 2. The molecule has 0 bridgehead atoms. The molecule has 0 aliphatic heterocycles. The van der Waals surface area contributed by atoms with Gasteiger partial charge in [0.15, 0.2) is 5.82 Å². The molecule has 1 fully saturated rings. The molecule has 0 unspecified atom stereocenters. The van der Waals surface area contributed by atoms with E-state index < -0.39 is 0 Å². The Bertz CT molecular complexity index is 950. The van der Waals surface area contributed by atoms with E-state index in [1.165, 1.54) is 31.4 Å². The average Bonchev–Trinajstić information content (AvgIpc) is 2.76. The van der Waals surface area contributed by atoms with Gasteiger partial charge in [0.1, 0.15) is 5.82 Å². The molecule has 1 amide bonds. The van der Waals surface area contributed by atoms with E-state index in [0.29, 0.717) is 23.1 Å². The van der Waals surface area contributed by atoms with Crippen LogP contribution in [0.15, 0.2) is 60.7 Å². The van der Waals surface area contributed by atoms with Crippen LogP contribution in [0.25, 0.3) is 11.3 Å². The van der Waals surface area contributed by atoms with Crippen molar-refractivity contribution in [2.45, 2.75) is 38.1 Å². The van der Waals surface area contributed by atoms with Crippen molar-refractivity contribution in [3.63, 3.8) is 0 Å². The van der Waals surface area contributed by atoms with Gasteiger partial charge in [0, 0.05) is 22.9 Å². The number of aromatic nitrogens is 2. The third-order valence-corrected chi connectivity index (χ3v) is 5.16. The number of amides is 1. The zero-order valence-electron chi connectivity index (χ0n) is 16.1. The Morgan fingerprint density at radius 2 is 1.59 bits per heavy atom. The van der Waals surface area contributed by atoms with Crippen molar-refractivity contribution >= 4 is 17.4 Å². The molecule has 0 radical (unpaired) electrons. The van der Waals surface area contributed by atoms with E-state index in [-0.39, 0.29) is 11.7 Å². The van der Waals surface area contributed by atoms with Crippen LogP contribution in [-0.2, 0) is 0 Å². The highest BCUT2D eigenvalue weighted by Crippen LogP contribution is 2.21. The molecule has 29 heavy (non-hydrogen) atoms. The van der Waals surface area contributed by atoms with E-state index in [4.69, 9.17) is 0 Å². The van der Waals surface area contributed by atoms with Crippen LogP contribution in [0.3, 0.4) is 0 Å². The summed E-state index contributed by atoms with van der Waals surface area (Å²) in [4.78, 5) is 12.4. The monoisotopic (exact) mass is 390 g/mol. The van der Waals surface area contributed by atoms with Crippen LogP contribution in [0.5, 0.6) is 0 Å². The lowest BCUT2D eigenvalue weighted by Gasteiger charge is -2.22. The lowest BCUT2D eigenvalue weighted by molar-refractivity contribution is 0.0927. The lowest BCUT2D eigenvalue weighted by Crippen LogP contribution is -2.36. The van der Waals surface area contributed by atoms with E-state index in [0.717, 1.165) is 24.1 Å². The fraction of sp³-hybridized carbons (Fsp3) is 0.261. The zero-order chi connectivity index (χ0) is 20.1. The predicted molar refractivity (Wildman–Crippen MR) is 111 cm³/mol. The molecule has 5 nitrogen and oxygen atoms in total. The zero-order valence-corrected chi connectivity index (χ0v) is 16.1. The summed E-state index contributed by atoms with van der Waals surface area (Å²) in [5.41, 5.74) is 2.95. The van der Waals surface area contributed by atoms with Crippen LogP contribution >= 0.6 is 0 Å². The summed E-state index contributed by atoms with van der Waals surface area (Å²) in [7, 11) is 0. The molecule has 148 valence electrons. The highest BCUT2D eigenvalue weighted by molar-refractivity contribution is 5.94. The van der Waals surface area contributed by atoms with Crippen molar-refractivity contribution in [1.29, 1.82) is 0 Å². The van der Waals surface area contributed by atoms with Gasteiger partial charge in [0.2, 0.25) is 0 Å². The molecule has 0 spiro atoms. The maximum atomic E-state index is 13.0. The molecular formula is C23H23FN4O. The molecular weight excluding hydrogens is 367 g/mol. The summed E-state index contributed by atoms with van der Waals surface area (Å²) < 4.78 is 13.0. The van der Waals surface area contributed by atoms with Crippen molar-refractivity contribution < 1.29 is 9.18 Å². The molecule has 1 aliphatic carbocycles. The van der Waals surface area contributed by atoms with Gasteiger partial charge in [-0.25, -0.2) is 4.39 Å². The quantitative estimate of drug-likeness (QED) is 0.637. The number of rotatable bonds is 5. The van der Waals surface area contributed by atoms with Crippen LogP contribution in [0, 0.1) is 5.82 Å². The Kier molecular flexibility index (Phi) is 5.79. The van der Waals surface area contributed by atoms with E-state index in [1.807, 2.05) is 24.3 Å². The van der Waals surface area contributed by atoms with E-state index in [1.54, 1.807) is 24.3 Å². The summed E-state index contributed by atoms with van der Waals surface area (Å²) in [6.07, 6.45) is 5.78. The Balaban J connectivity index is 1.37. The van der Waals surface area contributed by atoms with Crippen molar-refractivity contribution in [2.24, 2.45) is 0 Å². The number of anilines is 2. The average molecular weight is 390 g/mol. The lowest BCUT2D eigenvalue weighted by atomic mass is 9.95. The number of benzene rings is 2. The van der Waals surface area contributed by atoms with E-state index >= 15 is 0 Å². The second kappa shape index (κ2) is 8.82. The summed E-state index contributed by atoms with van der Waals surface area (Å²) in [6, 6.07) is 17.4. The van der Waals surface area contributed by atoms with Crippen LogP contribution in [0.2, 0.25) is 0 Å². The molecule has 1 aliphatic rings. The first-order valence-electron chi connectivity index (χ1n) is 9.95. The first-order valence-corrected chi connectivity index (χ1v) is 9.95. The molecule has 1 aromatic heterocycles. The Morgan fingerprint density at radius 3 is 2.24 bits per heavy atom. The maximum absolute atomic E-state index is 13.0. The maximum Gasteiger partial charge on any atom is 0.251 e. The molecule has 6 heteroatoms. The normalized spacial score (nSPS) is 14.4. The van der Waals surface area contributed by atoms with Gasteiger partial charge >= 0.3 is 0 Å². The predicted octanol–water partition coefficient (Wildman–Crippen LogP) is 5.09. The minimum Gasteiger partial charge on any atom is -0.349 e. The Hall–Kier alpha value is -3.28. The third kappa shape index (κ3) is 4.96. The Morgan fingerprint density at radius 1 is 0.862 bits per heavy atom. The highest BCUT2D eigenvalue weighted by Gasteiger charge is 2.16. The highest BCUT2D eigenvalue weighted by atomic mass is 19.1. The first-order chi connectivity index (χ1) is 14.2. The van der Waals surface area contributed by atoms with Gasteiger partial charge < -0.3 is 10.6 Å². The molecule has 0 atom stereocenters. The minimum atomic E-state index is -0.282. The van der Waals surface area contributed by atoms with Gasteiger partial charge in [-0.05, 0) is 73.5 Å². The minimum absolute atomic E-state index is 0.0214. The molecule has 1 saturated carbocycles. The van der Waals surface area contributed by atoms with Crippen molar-refractivity contribution in [3.05, 3.63) is 72.0 Å². The van der Waals surface area contributed by atoms with Crippen LogP contribution in [0.1, 0.15) is 42.5 Å². The van der Waals surface area contributed by atoms with Gasteiger partial charge in [-0.15, -0.1) is 10.2 Å². The van der Waals surface area contributed by atoms with Crippen LogP contribution < -0.4 is 10.6 Å². The van der Waals surface area contributed by atoms with Gasteiger partial charge in [-0.1, -0.05) is 19.3 Å². The van der Waals surface area contributed by atoms with Gasteiger partial charge in [0.25, 0.3) is 5.91 Å². The number of carbonyl (C=O) groups excluding carboxylic acids is 1. The summed E-state index contributed by atoms with van der Waals surface area (Å²) in [6.45, 7) is 0. The van der Waals surface area contributed by atoms with Crippen molar-refractivity contribution in [3.8, 4) is 11.3 Å². The molecule has 3 aromatic rings. The molecule has 2 N–H and O–H groups in total. The third-order valence-electron chi connectivity index (χ3n) is 5.16. The molecule has 1 heterocycles. The number of nitrogens with zero attached hydrogens (tertiary/aromatic N) is 2.